The van der Waals surface area contributed by atoms with Gasteiger partial charge in [-0.1, -0.05) is 0 Å². The summed E-state index contributed by atoms with van der Waals surface area (Å²) in [6.07, 6.45) is 1.52. The summed E-state index contributed by atoms with van der Waals surface area (Å²) in [6.45, 7) is 0.550. The second kappa shape index (κ2) is 7.77. The summed E-state index contributed by atoms with van der Waals surface area (Å²) in [5.41, 5.74) is 1.77. The molecular weight excluding hydrogens is 334 g/mol. The van der Waals surface area contributed by atoms with Gasteiger partial charge in [0.15, 0.2) is 11.5 Å². The van der Waals surface area contributed by atoms with Crippen molar-refractivity contribution in [2.24, 2.45) is 0 Å². The fourth-order valence-corrected chi connectivity index (χ4v) is 2.68. The van der Waals surface area contributed by atoms with E-state index in [9.17, 15) is 0 Å². The van der Waals surface area contributed by atoms with Crippen LogP contribution in [0, 0.1) is 0 Å². The zero-order valence-electron chi connectivity index (χ0n) is 15.2. The Morgan fingerprint density at radius 2 is 1.42 bits per heavy atom. The van der Waals surface area contributed by atoms with Crippen LogP contribution in [0.25, 0.3) is 10.9 Å². The van der Waals surface area contributed by atoms with E-state index in [1.54, 1.807) is 28.4 Å². The SMILES string of the molecule is COc1cc(CNc2ncnc3cc(OC)c(OC)cc23)cc(OC)c1. The summed E-state index contributed by atoms with van der Waals surface area (Å²) in [4.78, 5) is 8.67. The van der Waals surface area contributed by atoms with E-state index >= 15 is 0 Å². The fraction of sp³-hybridized carbons (Fsp3) is 0.263. The Morgan fingerprint density at radius 3 is 2.04 bits per heavy atom. The Labute approximate surface area is 151 Å². The Kier molecular flexibility index (Phi) is 5.26. The minimum Gasteiger partial charge on any atom is -0.497 e. The highest BCUT2D eigenvalue weighted by atomic mass is 16.5. The third kappa shape index (κ3) is 3.56. The lowest BCUT2D eigenvalue weighted by molar-refractivity contribution is 0.356. The Morgan fingerprint density at radius 1 is 0.769 bits per heavy atom. The van der Waals surface area contributed by atoms with E-state index in [-0.39, 0.29) is 0 Å². The molecule has 3 rings (SSSR count). The van der Waals surface area contributed by atoms with Gasteiger partial charge in [-0.25, -0.2) is 9.97 Å². The van der Waals surface area contributed by atoms with Crippen LogP contribution >= 0.6 is 0 Å². The topological polar surface area (TPSA) is 74.7 Å². The van der Waals surface area contributed by atoms with Crippen LogP contribution in [-0.4, -0.2) is 38.4 Å². The molecule has 0 saturated carbocycles. The minimum absolute atomic E-state index is 0.550. The highest BCUT2D eigenvalue weighted by Crippen LogP contribution is 2.33. The molecule has 0 unspecified atom stereocenters. The first-order valence-electron chi connectivity index (χ1n) is 8.01. The molecule has 1 aromatic heterocycles. The third-order valence-electron chi connectivity index (χ3n) is 4.01. The first kappa shape index (κ1) is 17.6. The molecule has 0 spiro atoms. The van der Waals surface area contributed by atoms with E-state index < -0.39 is 0 Å². The van der Waals surface area contributed by atoms with Crippen LogP contribution in [0.4, 0.5) is 5.82 Å². The molecular formula is C19H21N3O4. The van der Waals surface area contributed by atoms with Gasteiger partial charge in [0, 0.05) is 24.1 Å². The molecule has 0 fully saturated rings. The van der Waals surface area contributed by atoms with Gasteiger partial charge in [-0.2, -0.15) is 0 Å². The monoisotopic (exact) mass is 355 g/mol. The lowest BCUT2D eigenvalue weighted by Crippen LogP contribution is -2.04. The summed E-state index contributed by atoms with van der Waals surface area (Å²) in [7, 11) is 6.45. The molecule has 136 valence electrons. The van der Waals surface area contributed by atoms with Crippen molar-refractivity contribution in [1.82, 2.24) is 9.97 Å². The zero-order chi connectivity index (χ0) is 18.5. The van der Waals surface area contributed by atoms with Crippen molar-refractivity contribution in [3.63, 3.8) is 0 Å². The minimum atomic E-state index is 0.550. The lowest BCUT2D eigenvalue weighted by atomic mass is 10.1. The number of methoxy groups -OCH3 is 4. The maximum absolute atomic E-state index is 5.38. The number of benzene rings is 2. The Hall–Kier alpha value is -3.22. The number of fused-ring (bicyclic) bond motifs is 1. The van der Waals surface area contributed by atoms with Gasteiger partial charge in [0.2, 0.25) is 0 Å². The molecule has 7 nitrogen and oxygen atoms in total. The normalized spacial score (nSPS) is 10.5. The average Bonchev–Trinajstić information content (AvgIpc) is 2.70. The predicted octanol–water partition coefficient (Wildman–Crippen LogP) is 3.28. The van der Waals surface area contributed by atoms with Crippen LogP contribution in [-0.2, 0) is 6.54 Å². The molecule has 0 amide bonds. The lowest BCUT2D eigenvalue weighted by Gasteiger charge is -2.13. The highest BCUT2D eigenvalue weighted by Gasteiger charge is 2.11. The summed E-state index contributed by atoms with van der Waals surface area (Å²) < 4.78 is 21.3. The maximum atomic E-state index is 5.38. The molecule has 3 aromatic rings. The maximum Gasteiger partial charge on any atom is 0.162 e. The molecule has 0 aliphatic heterocycles. The molecule has 0 saturated heterocycles. The third-order valence-corrected chi connectivity index (χ3v) is 4.01. The molecule has 0 bridgehead atoms. The molecule has 0 aliphatic carbocycles. The van der Waals surface area contributed by atoms with Gasteiger partial charge >= 0.3 is 0 Å². The first-order chi connectivity index (χ1) is 12.7. The van der Waals surface area contributed by atoms with Gasteiger partial charge in [0.05, 0.1) is 34.0 Å². The van der Waals surface area contributed by atoms with Crippen molar-refractivity contribution in [3.05, 3.63) is 42.2 Å². The van der Waals surface area contributed by atoms with Gasteiger partial charge in [-0.05, 0) is 23.8 Å². The molecule has 26 heavy (non-hydrogen) atoms. The molecule has 0 atom stereocenters. The number of ether oxygens (including phenoxy) is 4. The van der Waals surface area contributed by atoms with E-state index in [4.69, 9.17) is 18.9 Å². The van der Waals surface area contributed by atoms with Gasteiger partial charge < -0.3 is 24.3 Å². The van der Waals surface area contributed by atoms with E-state index in [0.717, 1.165) is 28.0 Å². The first-order valence-corrected chi connectivity index (χ1v) is 8.01. The Bertz CT molecular complexity index is 892. The molecule has 1 N–H and O–H groups in total. The average molecular weight is 355 g/mol. The number of hydrogen-bond donors (Lipinski definition) is 1. The highest BCUT2D eigenvalue weighted by molar-refractivity contribution is 5.91. The summed E-state index contributed by atoms with van der Waals surface area (Å²) in [6, 6.07) is 9.42. The van der Waals surface area contributed by atoms with Gasteiger partial charge in [-0.15, -0.1) is 0 Å². The van der Waals surface area contributed by atoms with Crippen LogP contribution in [0.5, 0.6) is 23.0 Å². The van der Waals surface area contributed by atoms with Crippen molar-refractivity contribution in [2.45, 2.75) is 6.54 Å². The van der Waals surface area contributed by atoms with Crippen molar-refractivity contribution in [2.75, 3.05) is 33.8 Å². The predicted molar refractivity (Wildman–Crippen MR) is 99.5 cm³/mol. The Balaban J connectivity index is 1.92. The molecule has 0 aliphatic rings. The van der Waals surface area contributed by atoms with Gasteiger partial charge in [0.25, 0.3) is 0 Å². The standard InChI is InChI=1S/C19H21N3O4/c1-23-13-5-12(6-14(7-13)24-2)10-20-19-15-8-17(25-3)18(26-4)9-16(15)21-11-22-19/h5-9,11H,10H2,1-4H3,(H,20,21,22). The fourth-order valence-electron chi connectivity index (χ4n) is 2.68. The summed E-state index contributed by atoms with van der Waals surface area (Å²) >= 11 is 0. The molecule has 2 aromatic carbocycles. The number of nitrogens with one attached hydrogen (secondary N) is 1. The van der Waals surface area contributed by atoms with Crippen LogP contribution < -0.4 is 24.3 Å². The summed E-state index contributed by atoms with van der Waals surface area (Å²) in [5.74, 6) is 3.43. The van der Waals surface area contributed by atoms with Crippen LogP contribution in [0.2, 0.25) is 0 Å². The second-order valence-corrected chi connectivity index (χ2v) is 5.52. The van der Waals surface area contributed by atoms with E-state index in [0.29, 0.717) is 23.9 Å². The summed E-state index contributed by atoms with van der Waals surface area (Å²) in [5, 5.41) is 4.18. The van der Waals surface area contributed by atoms with Gasteiger partial charge in [0.1, 0.15) is 23.6 Å². The van der Waals surface area contributed by atoms with Crippen molar-refractivity contribution < 1.29 is 18.9 Å². The van der Waals surface area contributed by atoms with E-state index in [1.807, 2.05) is 30.3 Å². The van der Waals surface area contributed by atoms with Crippen molar-refractivity contribution in [1.29, 1.82) is 0 Å². The molecule has 7 heteroatoms. The van der Waals surface area contributed by atoms with Crippen molar-refractivity contribution in [3.8, 4) is 23.0 Å². The largest absolute Gasteiger partial charge is 0.497 e. The van der Waals surface area contributed by atoms with Crippen LogP contribution in [0.15, 0.2) is 36.7 Å². The quantitative estimate of drug-likeness (QED) is 0.697. The second-order valence-electron chi connectivity index (χ2n) is 5.52. The number of hydrogen-bond acceptors (Lipinski definition) is 7. The number of aromatic nitrogens is 2. The van der Waals surface area contributed by atoms with Crippen molar-refractivity contribution >= 4 is 16.7 Å². The van der Waals surface area contributed by atoms with E-state index in [1.165, 1.54) is 6.33 Å². The van der Waals surface area contributed by atoms with E-state index in [2.05, 4.69) is 15.3 Å². The zero-order valence-corrected chi connectivity index (χ0v) is 15.2. The van der Waals surface area contributed by atoms with Gasteiger partial charge in [-0.3, -0.25) is 0 Å². The smallest absolute Gasteiger partial charge is 0.162 e. The van der Waals surface area contributed by atoms with Crippen LogP contribution in [0.3, 0.4) is 0 Å². The van der Waals surface area contributed by atoms with Crippen LogP contribution in [0.1, 0.15) is 5.56 Å². The number of nitrogens with zero attached hydrogens (tertiary/aromatic N) is 2. The molecule has 1 heterocycles. The number of rotatable bonds is 7. The number of anilines is 1. The molecule has 0 radical (unpaired) electrons.